The van der Waals surface area contributed by atoms with Crippen molar-refractivity contribution >= 4 is 40.0 Å². The highest BCUT2D eigenvalue weighted by Gasteiger charge is 2.26. The quantitative estimate of drug-likeness (QED) is 0.0974. The summed E-state index contributed by atoms with van der Waals surface area (Å²) in [6, 6.07) is 10.4. The molecule has 264 valence electrons. The molecule has 3 aromatic rings. The number of thioether (sulfide) groups is 1. The molecule has 9 nitrogen and oxygen atoms in total. The van der Waals surface area contributed by atoms with Crippen molar-refractivity contribution in [3.8, 4) is 6.07 Å². The number of anilines is 1. The van der Waals surface area contributed by atoms with Gasteiger partial charge < -0.3 is 20.0 Å². The molecule has 2 aromatic heterocycles. The van der Waals surface area contributed by atoms with Gasteiger partial charge >= 0.3 is 0 Å². The van der Waals surface area contributed by atoms with Crippen LogP contribution in [-0.4, -0.2) is 46.3 Å². The highest BCUT2D eigenvalue weighted by atomic mass is 32.2. The van der Waals surface area contributed by atoms with E-state index in [9.17, 15) is 14.9 Å². The first-order chi connectivity index (χ1) is 23.2. The maximum absolute atomic E-state index is 13.0. The third-order valence-electron chi connectivity index (χ3n) is 8.45. The molecule has 1 fully saturated rings. The maximum Gasteiger partial charge on any atom is 0.262 e. The van der Waals surface area contributed by atoms with Crippen LogP contribution in [-0.2, 0) is 27.2 Å². The molecule has 2 N–H and O–H groups in total. The molecule has 1 aromatic carbocycles. The summed E-state index contributed by atoms with van der Waals surface area (Å²) in [5, 5.41) is 16.3. The molecule has 0 spiro atoms. The van der Waals surface area contributed by atoms with E-state index in [2.05, 4.69) is 83.5 Å². The van der Waals surface area contributed by atoms with E-state index in [1.54, 1.807) is 30.2 Å². The summed E-state index contributed by atoms with van der Waals surface area (Å²) in [5.41, 5.74) is 2.16. The number of hydrogen-bond donors (Lipinski definition) is 2. The van der Waals surface area contributed by atoms with Gasteiger partial charge in [0.2, 0.25) is 11.8 Å². The number of amides is 2. The normalized spacial score (nSPS) is 15.5. The van der Waals surface area contributed by atoms with Crippen LogP contribution < -0.4 is 10.6 Å². The predicted octanol–water partition coefficient (Wildman–Crippen LogP) is 8.46. The minimum Gasteiger partial charge on any atom is -0.444 e. The Morgan fingerprint density at radius 2 is 1.84 bits per heavy atom. The summed E-state index contributed by atoms with van der Waals surface area (Å²) in [5.74, 6) is 1.92. The van der Waals surface area contributed by atoms with Crippen molar-refractivity contribution in [2.24, 2.45) is 11.3 Å². The lowest BCUT2D eigenvalue weighted by Gasteiger charge is -2.31. The summed E-state index contributed by atoms with van der Waals surface area (Å²) in [6.45, 7) is 17.2. The zero-order chi connectivity index (χ0) is 35.6. The third kappa shape index (κ3) is 12.1. The minimum atomic E-state index is -0.317. The molecule has 0 bridgehead atoms. The molecule has 1 unspecified atom stereocenters. The van der Waals surface area contributed by atoms with Gasteiger partial charge in [-0.1, -0.05) is 96.6 Å². The molecule has 1 saturated heterocycles. The number of thiazole rings is 1. The number of benzene rings is 1. The fourth-order valence-electron chi connectivity index (χ4n) is 5.72. The van der Waals surface area contributed by atoms with Gasteiger partial charge in [0.15, 0.2) is 5.13 Å². The van der Waals surface area contributed by atoms with Crippen LogP contribution in [0.5, 0.6) is 0 Å². The summed E-state index contributed by atoms with van der Waals surface area (Å²) in [6.07, 6.45) is 10.8. The number of allylic oxidation sites excluding steroid dienone is 1. The number of hydrogen-bond acceptors (Lipinski definition) is 9. The number of likely N-dealkylation sites (tertiary alicyclic amines) is 1. The zero-order valence-electron chi connectivity index (χ0n) is 30.1. The van der Waals surface area contributed by atoms with Gasteiger partial charge in [0.05, 0.1) is 28.4 Å². The third-order valence-corrected chi connectivity index (χ3v) is 10.5. The van der Waals surface area contributed by atoms with Gasteiger partial charge in [0.1, 0.15) is 17.4 Å². The first kappa shape index (κ1) is 38.3. The number of nitrogens with zero attached hydrogens (tertiary/aromatic N) is 4. The molecule has 0 saturated carbocycles. The predicted molar refractivity (Wildman–Crippen MR) is 198 cm³/mol. The Morgan fingerprint density at radius 3 is 2.45 bits per heavy atom. The second-order valence-corrected chi connectivity index (χ2v) is 17.2. The van der Waals surface area contributed by atoms with E-state index in [0.29, 0.717) is 16.8 Å². The van der Waals surface area contributed by atoms with E-state index in [4.69, 9.17) is 4.42 Å². The molecule has 2 amide bonds. The Bertz CT molecular complexity index is 1600. The SMILES string of the molecule is CCCC(NC(=O)/C(C#N)=C/C(C)(C)C)c1ccc(CCCN2CCC(C(=O)Nc3ncc(SCc4ncc(C(C)(C)C)o4)s3)CC2)cc1. The molecule has 49 heavy (non-hydrogen) atoms. The number of aromatic nitrogens is 2. The molecule has 0 aliphatic carbocycles. The molecule has 4 rings (SSSR count). The maximum atomic E-state index is 13.0. The number of nitrogens with one attached hydrogen (secondary N) is 2. The lowest BCUT2D eigenvalue weighted by atomic mass is 9.93. The van der Waals surface area contributed by atoms with Gasteiger partial charge in [-0.05, 0) is 68.3 Å². The van der Waals surface area contributed by atoms with Crippen LogP contribution in [0.3, 0.4) is 0 Å². The van der Waals surface area contributed by atoms with Crippen LogP contribution in [0.25, 0.3) is 0 Å². The molecule has 1 aliphatic heterocycles. The van der Waals surface area contributed by atoms with Crippen molar-refractivity contribution in [2.45, 2.75) is 108 Å². The average molecular weight is 705 g/mol. The molecule has 1 aliphatic rings. The summed E-state index contributed by atoms with van der Waals surface area (Å²) in [7, 11) is 0. The Kier molecular flexibility index (Phi) is 13.7. The monoisotopic (exact) mass is 704 g/mol. The van der Waals surface area contributed by atoms with Gasteiger partial charge in [-0.3, -0.25) is 9.59 Å². The van der Waals surface area contributed by atoms with Crippen LogP contribution in [0.15, 0.2) is 56.9 Å². The average Bonchev–Trinajstić information content (AvgIpc) is 3.72. The number of rotatable bonds is 14. The van der Waals surface area contributed by atoms with Crippen molar-refractivity contribution in [1.82, 2.24) is 20.2 Å². The fourth-order valence-corrected chi connectivity index (χ4v) is 7.45. The molecule has 3 heterocycles. The standard InChI is InChI=1S/C38H52N6O3S2/c1-8-10-30(42-35(46)29(22-39)21-37(2,3)4)27-14-12-26(13-15-27)11-9-18-44-19-16-28(17-20-44)34(45)43-36-41-24-33(49-36)48-25-32-40-23-31(47-32)38(5,6)7/h12-15,21,23-24,28,30H,8-11,16-20,25H2,1-7H3,(H,42,46)(H,41,43,45)/b29-21+. The van der Waals surface area contributed by atoms with Gasteiger partial charge in [-0.25, -0.2) is 9.97 Å². The largest absolute Gasteiger partial charge is 0.444 e. The smallest absolute Gasteiger partial charge is 0.262 e. The van der Waals surface area contributed by atoms with Crippen molar-refractivity contribution < 1.29 is 14.0 Å². The lowest BCUT2D eigenvalue weighted by molar-refractivity contribution is -0.121. The first-order valence-electron chi connectivity index (χ1n) is 17.3. The van der Waals surface area contributed by atoms with Gasteiger partial charge in [-0.15, -0.1) is 11.8 Å². The van der Waals surface area contributed by atoms with E-state index in [1.165, 1.54) is 16.9 Å². The van der Waals surface area contributed by atoms with Gasteiger partial charge in [0.25, 0.3) is 5.91 Å². The highest BCUT2D eigenvalue weighted by Crippen LogP contribution is 2.32. The van der Waals surface area contributed by atoms with Crippen molar-refractivity contribution in [2.75, 3.05) is 25.0 Å². The Hall–Kier alpha value is -3.46. The van der Waals surface area contributed by atoms with Crippen LogP contribution in [0, 0.1) is 22.7 Å². The van der Waals surface area contributed by atoms with E-state index in [1.807, 2.05) is 20.8 Å². The second kappa shape index (κ2) is 17.5. The number of oxazole rings is 1. The van der Waals surface area contributed by atoms with Crippen molar-refractivity contribution in [1.29, 1.82) is 5.26 Å². The zero-order valence-corrected chi connectivity index (χ0v) is 31.7. The Balaban J connectivity index is 1.17. The summed E-state index contributed by atoms with van der Waals surface area (Å²) < 4.78 is 6.90. The first-order valence-corrected chi connectivity index (χ1v) is 19.1. The highest BCUT2D eigenvalue weighted by molar-refractivity contribution is 8.00. The number of carbonyl (C=O) groups excluding carboxylic acids is 2. The fraction of sp³-hybridized carbons (Fsp3) is 0.553. The van der Waals surface area contributed by atoms with Crippen LogP contribution in [0.2, 0.25) is 0 Å². The van der Waals surface area contributed by atoms with E-state index in [-0.39, 0.29) is 40.2 Å². The number of aryl methyl sites for hydroxylation is 1. The Morgan fingerprint density at radius 1 is 1.12 bits per heavy atom. The van der Waals surface area contributed by atoms with Crippen molar-refractivity contribution in [3.05, 3.63) is 71.1 Å². The van der Waals surface area contributed by atoms with Gasteiger partial charge in [-0.2, -0.15) is 5.26 Å². The van der Waals surface area contributed by atoms with Crippen LogP contribution in [0.4, 0.5) is 5.13 Å². The van der Waals surface area contributed by atoms with Crippen molar-refractivity contribution in [3.63, 3.8) is 0 Å². The molecule has 0 radical (unpaired) electrons. The molecule has 1 atom stereocenters. The second-order valence-electron chi connectivity index (χ2n) is 14.9. The molecular weight excluding hydrogens is 653 g/mol. The summed E-state index contributed by atoms with van der Waals surface area (Å²) in [4.78, 5) is 37.1. The topological polar surface area (TPSA) is 124 Å². The lowest BCUT2D eigenvalue weighted by Crippen LogP contribution is -2.38. The van der Waals surface area contributed by atoms with E-state index in [0.717, 1.165) is 73.7 Å². The Labute approximate surface area is 300 Å². The van der Waals surface area contributed by atoms with Gasteiger partial charge in [0, 0.05) is 11.3 Å². The number of nitriles is 1. The van der Waals surface area contributed by atoms with Crippen LogP contribution >= 0.6 is 23.1 Å². The summed E-state index contributed by atoms with van der Waals surface area (Å²) >= 11 is 3.10. The number of piperidine rings is 1. The molecular formula is C38H52N6O3S2. The number of carbonyl (C=O) groups is 2. The van der Waals surface area contributed by atoms with E-state index < -0.39 is 0 Å². The van der Waals surface area contributed by atoms with E-state index >= 15 is 0 Å². The minimum absolute atomic E-state index is 0.00307. The van der Waals surface area contributed by atoms with Crippen LogP contribution in [0.1, 0.15) is 109 Å². The molecule has 11 heteroatoms.